The average molecular weight is 246 g/mol. The first-order valence-corrected chi connectivity index (χ1v) is 5.83. The van der Waals surface area contributed by atoms with Gasteiger partial charge < -0.3 is 10.0 Å². The van der Waals surface area contributed by atoms with Crippen molar-refractivity contribution in [3.05, 3.63) is 17.5 Å². The molecule has 18 heavy (non-hydrogen) atoms. The van der Waals surface area contributed by atoms with E-state index in [1.54, 1.807) is 6.07 Å². The summed E-state index contributed by atoms with van der Waals surface area (Å²) >= 11 is 0. The van der Waals surface area contributed by atoms with Gasteiger partial charge >= 0.3 is 5.97 Å². The summed E-state index contributed by atoms with van der Waals surface area (Å²) in [6.45, 7) is 3.05. The van der Waals surface area contributed by atoms with Crippen LogP contribution in [-0.4, -0.2) is 34.1 Å². The lowest BCUT2D eigenvalue weighted by Crippen LogP contribution is -2.37. The highest BCUT2D eigenvalue weighted by molar-refractivity contribution is 5.70. The molecule has 1 aliphatic heterocycles. The maximum atomic E-state index is 10.9. The van der Waals surface area contributed by atoms with Crippen molar-refractivity contribution >= 4 is 11.9 Å². The van der Waals surface area contributed by atoms with Gasteiger partial charge in [-0.3, -0.25) is 4.79 Å². The number of nitrogens with zero attached hydrogens (tertiary/aromatic N) is 4. The molecule has 0 radical (unpaired) electrons. The molecule has 0 aliphatic carbocycles. The van der Waals surface area contributed by atoms with Gasteiger partial charge in [-0.05, 0) is 25.8 Å². The molecule has 6 heteroatoms. The minimum atomic E-state index is -0.738. The molecule has 0 spiro atoms. The molecule has 0 amide bonds. The summed E-state index contributed by atoms with van der Waals surface area (Å²) in [7, 11) is 0. The van der Waals surface area contributed by atoms with E-state index in [0.717, 1.165) is 5.69 Å². The van der Waals surface area contributed by atoms with Gasteiger partial charge in [-0.15, -0.1) is 0 Å². The van der Waals surface area contributed by atoms with Gasteiger partial charge in [0.1, 0.15) is 11.8 Å². The molecule has 0 saturated carbocycles. The zero-order chi connectivity index (χ0) is 13.1. The number of carboxylic acid groups (broad SMARTS) is 1. The number of carbonyl (C=O) groups is 1. The Balaban J connectivity index is 2.12. The number of hydrogen-bond donors (Lipinski definition) is 1. The second-order valence-corrected chi connectivity index (χ2v) is 4.41. The molecule has 0 atom stereocenters. The van der Waals surface area contributed by atoms with Crippen molar-refractivity contribution in [2.45, 2.75) is 19.8 Å². The Bertz CT molecular complexity index is 501. The van der Waals surface area contributed by atoms with Crippen LogP contribution in [0.15, 0.2) is 6.07 Å². The van der Waals surface area contributed by atoms with Crippen LogP contribution < -0.4 is 4.90 Å². The molecule has 2 heterocycles. The third kappa shape index (κ3) is 2.56. The number of aliphatic carboxylic acids is 1. The topological polar surface area (TPSA) is 90.1 Å². The first-order chi connectivity index (χ1) is 8.60. The van der Waals surface area contributed by atoms with Crippen LogP contribution in [0, 0.1) is 24.2 Å². The van der Waals surface area contributed by atoms with E-state index in [9.17, 15) is 4.79 Å². The second kappa shape index (κ2) is 5.00. The zero-order valence-corrected chi connectivity index (χ0v) is 10.1. The molecule has 0 unspecified atom stereocenters. The molecule has 6 nitrogen and oxygen atoms in total. The maximum absolute atomic E-state index is 10.9. The fraction of sp³-hybridized carbons (Fsp3) is 0.500. The van der Waals surface area contributed by atoms with E-state index in [4.69, 9.17) is 10.4 Å². The second-order valence-electron chi connectivity index (χ2n) is 4.41. The number of carboxylic acids is 1. The third-order valence-corrected chi connectivity index (χ3v) is 3.08. The number of aromatic nitrogens is 2. The summed E-state index contributed by atoms with van der Waals surface area (Å²) in [4.78, 5) is 21.2. The first kappa shape index (κ1) is 12.3. The highest BCUT2D eigenvalue weighted by atomic mass is 16.4. The lowest BCUT2D eigenvalue weighted by molar-refractivity contribution is -0.142. The predicted molar refractivity (Wildman–Crippen MR) is 64.1 cm³/mol. The quantitative estimate of drug-likeness (QED) is 0.835. The molecule has 1 aromatic rings. The van der Waals surface area contributed by atoms with Crippen LogP contribution in [-0.2, 0) is 4.79 Å². The van der Waals surface area contributed by atoms with Crippen molar-refractivity contribution in [2.75, 3.05) is 18.0 Å². The van der Waals surface area contributed by atoms with Gasteiger partial charge in [0.2, 0.25) is 5.95 Å². The fourth-order valence-corrected chi connectivity index (χ4v) is 2.08. The van der Waals surface area contributed by atoms with E-state index in [1.165, 1.54) is 0 Å². The molecular weight excluding hydrogens is 232 g/mol. The molecule has 0 aromatic carbocycles. The summed E-state index contributed by atoms with van der Waals surface area (Å²) < 4.78 is 0. The maximum Gasteiger partial charge on any atom is 0.306 e. The summed E-state index contributed by atoms with van der Waals surface area (Å²) in [6, 6.07) is 3.63. The molecule has 1 N–H and O–H groups in total. The Labute approximate surface area is 105 Å². The molecule has 2 rings (SSSR count). The van der Waals surface area contributed by atoms with Gasteiger partial charge in [0.25, 0.3) is 0 Å². The van der Waals surface area contributed by atoms with Gasteiger partial charge in [-0.1, -0.05) is 0 Å². The van der Waals surface area contributed by atoms with Crippen molar-refractivity contribution < 1.29 is 9.90 Å². The van der Waals surface area contributed by atoms with Gasteiger partial charge in [0.05, 0.1) is 5.92 Å². The Morgan fingerprint density at radius 2 is 2.17 bits per heavy atom. The van der Waals surface area contributed by atoms with Crippen LogP contribution in [0.25, 0.3) is 0 Å². The lowest BCUT2D eigenvalue weighted by Gasteiger charge is -2.30. The van der Waals surface area contributed by atoms with Crippen molar-refractivity contribution in [3.8, 4) is 6.07 Å². The molecule has 94 valence electrons. The summed E-state index contributed by atoms with van der Waals surface area (Å²) in [5, 5.41) is 17.8. The van der Waals surface area contributed by atoms with Crippen LogP contribution in [0.5, 0.6) is 0 Å². The van der Waals surface area contributed by atoms with Gasteiger partial charge in [0.15, 0.2) is 0 Å². The zero-order valence-electron chi connectivity index (χ0n) is 10.1. The Hall–Kier alpha value is -2.16. The summed E-state index contributed by atoms with van der Waals surface area (Å²) in [5.74, 6) is -0.491. The van der Waals surface area contributed by atoms with Crippen molar-refractivity contribution in [1.82, 2.24) is 9.97 Å². The number of hydrogen-bond acceptors (Lipinski definition) is 5. The van der Waals surface area contributed by atoms with Crippen molar-refractivity contribution in [3.63, 3.8) is 0 Å². The summed E-state index contributed by atoms with van der Waals surface area (Å²) in [6.07, 6.45) is 1.18. The van der Waals surface area contributed by atoms with Crippen LogP contribution in [0.4, 0.5) is 5.95 Å². The van der Waals surface area contributed by atoms with Crippen molar-refractivity contribution in [2.24, 2.45) is 5.92 Å². The van der Waals surface area contributed by atoms with Crippen LogP contribution in [0.1, 0.15) is 24.2 Å². The Morgan fingerprint density at radius 1 is 1.50 bits per heavy atom. The van der Waals surface area contributed by atoms with Gasteiger partial charge in [-0.25, -0.2) is 9.97 Å². The molecule has 1 aliphatic rings. The largest absolute Gasteiger partial charge is 0.481 e. The average Bonchev–Trinajstić information content (AvgIpc) is 2.38. The van der Waals surface area contributed by atoms with E-state index < -0.39 is 5.97 Å². The Morgan fingerprint density at radius 3 is 2.72 bits per heavy atom. The molecule has 1 aromatic heterocycles. The smallest absolute Gasteiger partial charge is 0.306 e. The number of nitriles is 1. The Kier molecular flexibility index (Phi) is 3.42. The van der Waals surface area contributed by atoms with Crippen molar-refractivity contribution in [1.29, 1.82) is 5.26 Å². The number of aryl methyl sites for hydroxylation is 1. The van der Waals surface area contributed by atoms with Gasteiger partial charge in [-0.2, -0.15) is 5.26 Å². The third-order valence-electron chi connectivity index (χ3n) is 3.08. The SMILES string of the molecule is Cc1cc(C#N)nc(N2CCC(C(=O)O)CC2)n1. The lowest BCUT2D eigenvalue weighted by atomic mass is 9.97. The molecule has 0 bridgehead atoms. The van der Waals surface area contributed by atoms with E-state index in [1.807, 2.05) is 17.9 Å². The normalized spacial score (nSPS) is 16.3. The van der Waals surface area contributed by atoms with E-state index in [0.29, 0.717) is 37.6 Å². The van der Waals surface area contributed by atoms with Gasteiger partial charge in [0, 0.05) is 18.8 Å². The molecule has 1 saturated heterocycles. The van der Waals surface area contributed by atoms with E-state index in [2.05, 4.69) is 9.97 Å². The molecular formula is C12H14N4O2. The standard InChI is InChI=1S/C12H14N4O2/c1-8-6-10(7-13)15-12(14-8)16-4-2-9(3-5-16)11(17)18/h6,9H,2-5H2,1H3,(H,17,18). The van der Waals surface area contributed by atoms with E-state index in [-0.39, 0.29) is 5.92 Å². The minimum absolute atomic E-state index is 0.276. The predicted octanol–water partition coefficient (Wildman–Crippen LogP) is 0.958. The number of piperidine rings is 1. The first-order valence-electron chi connectivity index (χ1n) is 5.83. The highest BCUT2D eigenvalue weighted by Gasteiger charge is 2.25. The fourth-order valence-electron chi connectivity index (χ4n) is 2.08. The highest BCUT2D eigenvalue weighted by Crippen LogP contribution is 2.21. The molecule has 1 fully saturated rings. The van der Waals surface area contributed by atoms with Crippen LogP contribution in [0.3, 0.4) is 0 Å². The van der Waals surface area contributed by atoms with Crippen LogP contribution in [0.2, 0.25) is 0 Å². The van der Waals surface area contributed by atoms with Crippen LogP contribution >= 0.6 is 0 Å². The summed E-state index contributed by atoms with van der Waals surface area (Å²) in [5.41, 5.74) is 1.09. The number of rotatable bonds is 2. The number of anilines is 1. The van der Waals surface area contributed by atoms with E-state index >= 15 is 0 Å². The minimum Gasteiger partial charge on any atom is -0.481 e. The monoisotopic (exact) mass is 246 g/mol.